The zero-order valence-electron chi connectivity index (χ0n) is 16.1. The van der Waals surface area contributed by atoms with Gasteiger partial charge in [0.15, 0.2) is 5.16 Å². The number of amides is 1. The Morgan fingerprint density at radius 2 is 2.10 bits per heavy atom. The number of nitrogens with zero attached hydrogens (tertiary/aromatic N) is 5. The van der Waals surface area contributed by atoms with Crippen molar-refractivity contribution in [2.45, 2.75) is 18.1 Å². The normalized spacial score (nSPS) is 11.3. The van der Waals surface area contributed by atoms with Crippen LogP contribution in [0.4, 0.5) is 10.9 Å². The minimum Gasteiger partial charge on any atom is -0.497 e. The number of hydrogen-bond acceptors (Lipinski definition) is 9. The van der Waals surface area contributed by atoms with Gasteiger partial charge in [-0.3, -0.25) is 9.36 Å². The van der Waals surface area contributed by atoms with Crippen molar-refractivity contribution in [2.75, 3.05) is 23.9 Å². The van der Waals surface area contributed by atoms with Crippen molar-refractivity contribution in [1.29, 1.82) is 10.5 Å². The highest BCUT2D eigenvalue weighted by molar-refractivity contribution is 7.99. The molecule has 0 radical (unpaired) electrons. The minimum atomic E-state index is -0.737. The van der Waals surface area contributed by atoms with Crippen LogP contribution in [0.1, 0.15) is 18.5 Å². The van der Waals surface area contributed by atoms with Gasteiger partial charge in [-0.15, -0.1) is 21.5 Å². The van der Waals surface area contributed by atoms with E-state index in [0.29, 0.717) is 21.5 Å². The van der Waals surface area contributed by atoms with Crippen LogP contribution in [0.5, 0.6) is 5.75 Å². The number of aromatic nitrogens is 3. The van der Waals surface area contributed by atoms with Crippen LogP contribution in [0.25, 0.3) is 11.1 Å². The van der Waals surface area contributed by atoms with E-state index in [-0.39, 0.29) is 17.6 Å². The SMILES string of the molecule is COc1ccc(-c2csc(NC(=O)C(C)n3c(N)nnc3SCC#N)c2C#N)cc1. The number of anilines is 2. The molecule has 2 aromatic heterocycles. The van der Waals surface area contributed by atoms with E-state index in [1.807, 2.05) is 35.7 Å². The molecule has 11 heteroatoms. The van der Waals surface area contributed by atoms with E-state index in [2.05, 4.69) is 21.6 Å². The number of benzene rings is 1. The molecule has 1 aromatic carbocycles. The van der Waals surface area contributed by atoms with Crippen LogP contribution in [-0.2, 0) is 4.79 Å². The van der Waals surface area contributed by atoms with Gasteiger partial charge in [0.1, 0.15) is 22.9 Å². The highest BCUT2D eigenvalue weighted by atomic mass is 32.2. The van der Waals surface area contributed by atoms with Gasteiger partial charge in [-0.2, -0.15) is 10.5 Å². The number of nitrogen functional groups attached to an aromatic ring is 1. The van der Waals surface area contributed by atoms with E-state index in [0.717, 1.165) is 22.9 Å². The third-order valence-corrected chi connectivity index (χ3v) is 5.97. The first-order chi connectivity index (χ1) is 14.5. The Morgan fingerprint density at radius 1 is 1.37 bits per heavy atom. The lowest BCUT2D eigenvalue weighted by Crippen LogP contribution is -2.25. The summed E-state index contributed by atoms with van der Waals surface area (Å²) in [5, 5.41) is 31.6. The highest BCUT2D eigenvalue weighted by Gasteiger charge is 2.24. The fourth-order valence-electron chi connectivity index (χ4n) is 2.73. The number of thioether (sulfide) groups is 1. The second-order valence-electron chi connectivity index (χ2n) is 6.02. The molecule has 2 heterocycles. The summed E-state index contributed by atoms with van der Waals surface area (Å²) in [7, 11) is 1.59. The molecule has 1 amide bonds. The van der Waals surface area contributed by atoms with Crippen LogP contribution in [0, 0.1) is 22.7 Å². The van der Waals surface area contributed by atoms with Crippen LogP contribution >= 0.6 is 23.1 Å². The maximum Gasteiger partial charge on any atom is 0.248 e. The van der Waals surface area contributed by atoms with E-state index in [4.69, 9.17) is 15.7 Å². The summed E-state index contributed by atoms with van der Waals surface area (Å²) >= 11 is 2.41. The van der Waals surface area contributed by atoms with Crippen molar-refractivity contribution >= 4 is 40.0 Å². The van der Waals surface area contributed by atoms with Gasteiger partial charge in [0.05, 0.1) is 24.5 Å². The zero-order chi connectivity index (χ0) is 21.7. The number of rotatable bonds is 7. The average molecular weight is 440 g/mol. The third-order valence-electron chi connectivity index (χ3n) is 4.26. The number of thiophene rings is 1. The molecular weight excluding hydrogens is 422 g/mol. The highest BCUT2D eigenvalue weighted by Crippen LogP contribution is 2.36. The van der Waals surface area contributed by atoms with E-state index < -0.39 is 6.04 Å². The standard InChI is InChI=1S/C19H17N7O2S2/c1-11(26-18(22)24-25-19(26)29-8-7-20)16(27)23-17-14(9-21)15(10-30-17)12-3-5-13(28-2)6-4-12/h3-6,10-11H,8H2,1-2H3,(H2,22,24)(H,23,27). The molecule has 0 aliphatic heterocycles. The summed E-state index contributed by atoms with van der Waals surface area (Å²) in [6.07, 6.45) is 0. The Bertz CT molecular complexity index is 1140. The number of ether oxygens (including phenoxy) is 1. The van der Waals surface area contributed by atoms with Crippen LogP contribution in [0.15, 0.2) is 34.8 Å². The largest absolute Gasteiger partial charge is 0.497 e. The van der Waals surface area contributed by atoms with Crippen molar-refractivity contribution in [3.63, 3.8) is 0 Å². The van der Waals surface area contributed by atoms with E-state index in [1.165, 1.54) is 15.9 Å². The van der Waals surface area contributed by atoms with E-state index >= 15 is 0 Å². The van der Waals surface area contributed by atoms with Gasteiger partial charge in [0, 0.05) is 10.9 Å². The number of nitrogens with one attached hydrogen (secondary N) is 1. The molecule has 1 atom stereocenters. The summed E-state index contributed by atoms with van der Waals surface area (Å²) in [5.41, 5.74) is 7.80. The average Bonchev–Trinajstić information content (AvgIpc) is 3.34. The van der Waals surface area contributed by atoms with Gasteiger partial charge in [-0.1, -0.05) is 23.9 Å². The minimum absolute atomic E-state index is 0.0729. The van der Waals surface area contributed by atoms with Crippen LogP contribution < -0.4 is 15.8 Å². The summed E-state index contributed by atoms with van der Waals surface area (Å²) < 4.78 is 6.62. The molecule has 0 saturated heterocycles. The molecule has 1 unspecified atom stereocenters. The Kier molecular flexibility index (Phi) is 6.57. The van der Waals surface area contributed by atoms with Gasteiger partial charge in [-0.05, 0) is 24.6 Å². The first kappa shape index (κ1) is 21.2. The first-order valence-corrected chi connectivity index (χ1v) is 10.5. The molecular formula is C19H17N7O2S2. The maximum atomic E-state index is 12.8. The zero-order valence-corrected chi connectivity index (χ0v) is 17.8. The molecule has 9 nitrogen and oxygen atoms in total. The van der Waals surface area contributed by atoms with Crippen molar-refractivity contribution in [3.8, 4) is 29.0 Å². The Hall–Kier alpha value is -3.54. The number of nitriles is 2. The lowest BCUT2D eigenvalue weighted by molar-refractivity contribution is -0.118. The van der Waals surface area contributed by atoms with Gasteiger partial charge in [0.25, 0.3) is 0 Å². The summed E-state index contributed by atoms with van der Waals surface area (Å²) in [6.45, 7) is 1.65. The van der Waals surface area contributed by atoms with Crippen molar-refractivity contribution in [3.05, 3.63) is 35.2 Å². The number of hydrogen-bond donors (Lipinski definition) is 2. The van der Waals surface area contributed by atoms with Crippen LogP contribution in [0.2, 0.25) is 0 Å². The number of methoxy groups -OCH3 is 1. The second-order valence-corrected chi connectivity index (χ2v) is 7.84. The van der Waals surface area contributed by atoms with E-state index in [9.17, 15) is 10.1 Å². The lowest BCUT2D eigenvalue weighted by Gasteiger charge is -2.15. The second kappa shape index (κ2) is 9.31. The third kappa shape index (κ3) is 4.22. The van der Waals surface area contributed by atoms with Crippen LogP contribution in [0.3, 0.4) is 0 Å². The molecule has 152 valence electrons. The van der Waals surface area contributed by atoms with Crippen LogP contribution in [-0.4, -0.2) is 33.5 Å². The predicted molar refractivity (Wildman–Crippen MR) is 115 cm³/mol. The van der Waals surface area contributed by atoms with Gasteiger partial charge < -0.3 is 15.8 Å². The smallest absolute Gasteiger partial charge is 0.248 e. The molecule has 0 aliphatic carbocycles. The molecule has 0 spiro atoms. The molecule has 3 aromatic rings. The number of nitrogens with two attached hydrogens (primary N) is 1. The van der Waals surface area contributed by atoms with Crippen molar-refractivity contribution in [2.24, 2.45) is 0 Å². The topological polar surface area (TPSA) is 143 Å². The molecule has 3 rings (SSSR count). The van der Waals surface area contributed by atoms with Gasteiger partial charge in [-0.25, -0.2) is 0 Å². The Labute approximate surface area is 181 Å². The van der Waals surface area contributed by atoms with E-state index in [1.54, 1.807) is 14.0 Å². The number of carbonyl (C=O) groups excluding carboxylic acids is 1. The number of carbonyl (C=O) groups is 1. The van der Waals surface area contributed by atoms with Crippen molar-refractivity contribution in [1.82, 2.24) is 14.8 Å². The fraction of sp³-hybridized carbons (Fsp3) is 0.211. The predicted octanol–water partition coefficient (Wildman–Crippen LogP) is 3.28. The van der Waals surface area contributed by atoms with Gasteiger partial charge >= 0.3 is 0 Å². The quantitative estimate of drug-likeness (QED) is 0.534. The summed E-state index contributed by atoms with van der Waals surface area (Å²) in [5.74, 6) is 0.566. The lowest BCUT2D eigenvalue weighted by atomic mass is 10.0. The first-order valence-electron chi connectivity index (χ1n) is 8.67. The molecule has 3 N–H and O–H groups in total. The summed E-state index contributed by atoms with van der Waals surface area (Å²) in [4.78, 5) is 12.8. The monoisotopic (exact) mass is 439 g/mol. The Morgan fingerprint density at radius 3 is 2.73 bits per heavy atom. The Balaban J connectivity index is 1.84. The molecule has 0 bridgehead atoms. The molecule has 30 heavy (non-hydrogen) atoms. The fourth-order valence-corrected chi connectivity index (χ4v) is 4.33. The molecule has 0 fully saturated rings. The van der Waals surface area contributed by atoms with Gasteiger partial charge in [0.2, 0.25) is 11.9 Å². The molecule has 0 saturated carbocycles. The summed E-state index contributed by atoms with van der Waals surface area (Å²) in [6, 6.07) is 10.8. The van der Waals surface area contributed by atoms with Crippen molar-refractivity contribution < 1.29 is 9.53 Å². The molecule has 0 aliphatic rings. The maximum absolute atomic E-state index is 12.8.